The molecule has 0 saturated carbocycles. The van der Waals surface area contributed by atoms with E-state index >= 15 is 0 Å². The maximum Gasteiger partial charge on any atom is 0.253 e. The van der Waals surface area contributed by atoms with Crippen LogP contribution in [0, 0.1) is 12.0 Å². The molecule has 0 atom stereocenters. The molecule has 4 nitrogen and oxygen atoms in total. The van der Waals surface area contributed by atoms with Crippen molar-refractivity contribution in [2.45, 2.75) is 0 Å². The van der Waals surface area contributed by atoms with Gasteiger partial charge in [0.15, 0.2) is 0 Å². The number of aromatic nitrogens is 1. The molecule has 1 N–H and O–H groups in total. The molecular weight excluding hydrogens is 202 g/mol. The molecule has 0 unspecified atom stereocenters. The lowest BCUT2D eigenvalue weighted by atomic mass is 10.3. The van der Waals surface area contributed by atoms with Crippen LogP contribution < -0.4 is 0 Å². The van der Waals surface area contributed by atoms with E-state index in [1.54, 1.807) is 18.3 Å². The van der Waals surface area contributed by atoms with E-state index in [-0.39, 0.29) is 5.78 Å². The molecule has 0 spiro atoms. The Bertz CT molecular complexity index is 405. The van der Waals surface area contributed by atoms with E-state index in [1.165, 1.54) is 0 Å². The van der Waals surface area contributed by atoms with Crippen LogP contribution in [0.5, 0.6) is 0 Å². The van der Waals surface area contributed by atoms with Gasteiger partial charge in [0.05, 0.1) is 5.69 Å². The number of ketones is 1. The van der Waals surface area contributed by atoms with E-state index in [1.807, 2.05) is 4.90 Å². The molecule has 2 rings (SSSR count). The summed E-state index contributed by atoms with van der Waals surface area (Å²) in [4.78, 5) is 18.7. The van der Waals surface area contributed by atoms with Crippen LogP contribution in [0.3, 0.4) is 0 Å². The smallest absolute Gasteiger partial charge is 0.253 e. The van der Waals surface area contributed by atoms with Crippen molar-refractivity contribution in [1.82, 2.24) is 14.8 Å². The van der Waals surface area contributed by atoms with E-state index in [4.69, 9.17) is 0 Å². The van der Waals surface area contributed by atoms with E-state index in [2.05, 4.69) is 28.9 Å². The Morgan fingerprint density at radius 2 is 2.12 bits per heavy atom. The van der Waals surface area contributed by atoms with Crippen LogP contribution in [0.2, 0.25) is 0 Å². The summed E-state index contributed by atoms with van der Waals surface area (Å²) >= 11 is 0. The van der Waals surface area contributed by atoms with Gasteiger partial charge < -0.3 is 14.8 Å². The van der Waals surface area contributed by atoms with E-state index in [0.717, 1.165) is 26.2 Å². The van der Waals surface area contributed by atoms with Gasteiger partial charge in [-0.1, -0.05) is 0 Å². The summed E-state index contributed by atoms with van der Waals surface area (Å²) in [5.41, 5.74) is 0.557. The summed E-state index contributed by atoms with van der Waals surface area (Å²) in [6, 6.07) is 6.45. The molecule has 0 aromatic carbocycles. The van der Waals surface area contributed by atoms with Crippen molar-refractivity contribution in [3.05, 3.63) is 24.0 Å². The van der Waals surface area contributed by atoms with Gasteiger partial charge in [-0.05, 0) is 19.2 Å². The molecule has 1 saturated heterocycles. The highest BCUT2D eigenvalue weighted by molar-refractivity contribution is 6.07. The number of aromatic amines is 1. The van der Waals surface area contributed by atoms with Crippen LogP contribution in [-0.4, -0.2) is 53.8 Å². The van der Waals surface area contributed by atoms with Crippen LogP contribution in [0.25, 0.3) is 0 Å². The van der Waals surface area contributed by atoms with Crippen molar-refractivity contribution < 1.29 is 4.79 Å². The predicted octanol–water partition coefficient (Wildman–Crippen LogP) is 0.406. The molecule has 0 bridgehead atoms. The Hall–Kier alpha value is -1.73. The van der Waals surface area contributed by atoms with Crippen LogP contribution in [-0.2, 0) is 0 Å². The highest BCUT2D eigenvalue weighted by Gasteiger charge is 2.10. The molecule has 1 aromatic rings. The van der Waals surface area contributed by atoms with Gasteiger partial charge in [0, 0.05) is 44.3 Å². The fourth-order valence-corrected chi connectivity index (χ4v) is 1.59. The van der Waals surface area contributed by atoms with E-state index in [9.17, 15) is 4.79 Å². The Morgan fingerprint density at radius 3 is 2.75 bits per heavy atom. The molecule has 1 fully saturated rings. The van der Waals surface area contributed by atoms with Crippen LogP contribution in [0.15, 0.2) is 18.3 Å². The quantitative estimate of drug-likeness (QED) is 0.547. The number of nitrogens with one attached hydrogen (secondary N) is 1. The number of Topliss-reactive ketones (excluding diaryl/α,β-unsaturated/α-hetero) is 1. The lowest BCUT2D eigenvalue weighted by Gasteiger charge is -2.29. The van der Waals surface area contributed by atoms with Crippen LogP contribution >= 0.6 is 0 Å². The summed E-state index contributed by atoms with van der Waals surface area (Å²) in [5.74, 6) is 2.51. The first kappa shape index (κ1) is 10.8. The van der Waals surface area contributed by atoms with E-state index < -0.39 is 0 Å². The zero-order valence-electron chi connectivity index (χ0n) is 9.36. The molecule has 16 heavy (non-hydrogen) atoms. The third-order valence-electron chi connectivity index (χ3n) is 2.67. The van der Waals surface area contributed by atoms with Crippen molar-refractivity contribution in [1.29, 1.82) is 0 Å². The number of likely N-dealkylation sites (N-methyl/N-ethyl adjacent to an activating group) is 1. The fourth-order valence-electron chi connectivity index (χ4n) is 1.59. The highest BCUT2D eigenvalue weighted by Crippen LogP contribution is 1.98. The third-order valence-corrected chi connectivity index (χ3v) is 2.67. The Balaban J connectivity index is 1.92. The maximum atomic E-state index is 11.6. The SMILES string of the molecule is CN1CCN(C#CC(=O)c2ccc[nH]2)CC1. The van der Waals surface area contributed by atoms with Gasteiger partial charge in [0.1, 0.15) is 0 Å². The minimum atomic E-state index is -0.149. The number of hydrogen-bond donors (Lipinski definition) is 1. The number of carbonyl (C=O) groups is 1. The van der Waals surface area contributed by atoms with Crippen LogP contribution in [0.1, 0.15) is 10.5 Å². The molecule has 1 aromatic heterocycles. The fraction of sp³-hybridized carbons (Fsp3) is 0.417. The molecule has 84 valence electrons. The van der Waals surface area contributed by atoms with Gasteiger partial charge in [-0.15, -0.1) is 0 Å². The van der Waals surface area contributed by atoms with Gasteiger partial charge in [-0.25, -0.2) is 0 Å². The van der Waals surface area contributed by atoms with Crippen LogP contribution in [0.4, 0.5) is 0 Å². The monoisotopic (exact) mass is 217 g/mol. The van der Waals surface area contributed by atoms with Gasteiger partial charge in [-0.2, -0.15) is 0 Å². The summed E-state index contributed by atoms with van der Waals surface area (Å²) in [6.45, 7) is 3.82. The topological polar surface area (TPSA) is 39.3 Å². The number of piperazine rings is 1. The number of H-pyrrole nitrogens is 1. The Morgan fingerprint density at radius 1 is 1.38 bits per heavy atom. The molecule has 4 heteroatoms. The molecule has 1 aliphatic rings. The summed E-state index contributed by atoms with van der Waals surface area (Å²) < 4.78 is 0. The van der Waals surface area contributed by atoms with E-state index in [0.29, 0.717) is 5.69 Å². The second kappa shape index (κ2) is 4.86. The van der Waals surface area contributed by atoms with Gasteiger partial charge >= 0.3 is 0 Å². The predicted molar refractivity (Wildman–Crippen MR) is 62.0 cm³/mol. The minimum absolute atomic E-state index is 0.149. The average Bonchev–Trinajstić information content (AvgIpc) is 2.81. The maximum absolute atomic E-state index is 11.6. The lowest BCUT2D eigenvalue weighted by Crippen LogP contribution is -2.42. The highest BCUT2D eigenvalue weighted by atomic mass is 16.1. The first-order valence-electron chi connectivity index (χ1n) is 5.38. The largest absolute Gasteiger partial charge is 0.358 e. The molecule has 1 aliphatic heterocycles. The first-order chi connectivity index (χ1) is 7.75. The third kappa shape index (κ3) is 2.65. The standard InChI is InChI=1S/C12H15N3O/c1-14-7-9-15(10-8-14)6-4-12(16)11-3-2-5-13-11/h2-3,5,13H,7-10H2,1H3. The second-order valence-corrected chi connectivity index (χ2v) is 3.94. The van der Waals surface area contributed by atoms with Gasteiger partial charge in [0.2, 0.25) is 0 Å². The van der Waals surface area contributed by atoms with Crippen molar-refractivity contribution in [2.75, 3.05) is 33.2 Å². The van der Waals surface area contributed by atoms with Crippen molar-refractivity contribution >= 4 is 5.78 Å². The van der Waals surface area contributed by atoms with Gasteiger partial charge in [0.25, 0.3) is 5.78 Å². The summed E-state index contributed by atoms with van der Waals surface area (Å²) in [5, 5.41) is 0. The van der Waals surface area contributed by atoms with Gasteiger partial charge in [-0.3, -0.25) is 4.79 Å². The Labute approximate surface area is 95.2 Å². The molecule has 0 aliphatic carbocycles. The molecular formula is C12H15N3O. The van der Waals surface area contributed by atoms with Crippen molar-refractivity contribution in [3.63, 3.8) is 0 Å². The Kier molecular flexibility index (Phi) is 3.28. The molecule has 2 heterocycles. The second-order valence-electron chi connectivity index (χ2n) is 3.94. The van der Waals surface area contributed by atoms with Crippen molar-refractivity contribution in [3.8, 4) is 12.0 Å². The average molecular weight is 217 g/mol. The lowest BCUT2D eigenvalue weighted by molar-refractivity contribution is 0.105. The van der Waals surface area contributed by atoms with Crippen molar-refractivity contribution in [2.24, 2.45) is 0 Å². The normalized spacial score (nSPS) is 16.7. The number of hydrogen-bond acceptors (Lipinski definition) is 3. The minimum Gasteiger partial charge on any atom is -0.358 e. The summed E-state index contributed by atoms with van der Waals surface area (Å²) in [6.07, 6.45) is 1.73. The molecule has 0 amide bonds. The first-order valence-corrected chi connectivity index (χ1v) is 5.38. The zero-order valence-corrected chi connectivity index (χ0v) is 9.36. The summed E-state index contributed by atoms with van der Waals surface area (Å²) in [7, 11) is 2.09. The number of nitrogens with zero attached hydrogens (tertiary/aromatic N) is 2. The zero-order chi connectivity index (χ0) is 11.4. The molecule has 0 radical (unpaired) electrons. The number of carbonyl (C=O) groups excluding carboxylic acids is 1. The number of rotatable bonds is 1.